The molecule has 23 heavy (non-hydrogen) atoms. The van der Waals surface area contributed by atoms with Gasteiger partial charge in [0.1, 0.15) is 11.4 Å². The molecule has 0 aliphatic rings. The molecule has 7 nitrogen and oxygen atoms in total. The number of rotatable bonds is 7. The quantitative estimate of drug-likeness (QED) is 0.608. The molecule has 8 heteroatoms. The van der Waals surface area contributed by atoms with Gasteiger partial charge in [0.25, 0.3) is 0 Å². The van der Waals surface area contributed by atoms with Crippen LogP contribution in [0.2, 0.25) is 0 Å². The van der Waals surface area contributed by atoms with E-state index in [1.165, 1.54) is 11.8 Å². The zero-order chi connectivity index (χ0) is 16.7. The first-order valence-corrected chi connectivity index (χ1v) is 7.93. The van der Waals surface area contributed by atoms with Crippen LogP contribution in [0, 0.1) is 12.3 Å². The van der Waals surface area contributed by atoms with Crippen LogP contribution in [0.4, 0.5) is 0 Å². The van der Waals surface area contributed by atoms with Gasteiger partial charge in [0, 0.05) is 0 Å². The molecule has 0 saturated heterocycles. The summed E-state index contributed by atoms with van der Waals surface area (Å²) in [5, 5.41) is 14.4. The Bertz CT molecular complexity index is 710. The van der Waals surface area contributed by atoms with E-state index in [2.05, 4.69) is 26.8 Å². The molecular formula is C15H17N5O2S. The van der Waals surface area contributed by atoms with Crippen molar-refractivity contribution in [3.8, 4) is 23.8 Å². The van der Waals surface area contributed by atoms with Crippen LogP contribution in [0.5, 0.6) is 5.75 Å². The molecule has 1 atom stereocenters. The van der Waals surface area contributed by atoms with Crippen LogP contribution in [0.15, 0.2) is 29.4 Å². The van der Waals surface area contributed by atoms with Gasteiger partial charge in [-0.25, -0.2) is 0 Å². The standard InChI is InChI=1S/C15H17N5O2S/c1-4-10-16-14(21)11(3)23-15-17-18-19-20(15)12-8-6-7-9-13(12)22-5-2/h1,6-9,11H,5,10H2,2-3H3,(H,16,21). The van der Waals surface area contributed by atoms with Gasteiger partial charge in [-0.1, -0.05) is 29.8 Å². The fraction of sp³-hybridized carbons (Fsp3) is 0.333. The molecule has 120 valence electrons. The van der Waals surface area contributed by atoms with Crippen LogP contribution in [-0.4, -0.2) is 44.5 Å². The van der Waals surface area contributed by atoms with E-state index in [-0.39, 0.29) is 17.7 Å². The molecule has 1 N–H and O–H groups in total. The molecule has 2 rings (SSSR count). The lowest BCUT2D eigenvalue weighted by atomic mass is 10.3. The van der Waals surface area contributed by atoms with Gasteiger partial charge in [-0.2, -0.15) is 4.68 Å². The first-order chi connectivity index (χ1) is 11.2. The van der Waals surface area contributed by atoms with E-state index in [1.807, 2.05) is 31.2 Å². The van der Waals surface area contributed by atoms with Crippen molar-refractivity contribution in [2.75, 3.05) is 13.2 Å². The number of carbonyl (C=O) groups excluding carboxylic acids is 1. The third-order valence-electron chi connectivity index (χ3n) is 2.85. The van der Waals surface area contributed by atoms with Crippen molar-refractivity contribution in [3.63, 3.8) is 0 Å². The Labute approximate surface area is 138 Å². The number of ether oxygens (including phenoxy) is 1. The number of benzene rings is 1. The Balaban J connectivity index is 2.20. The number of nitrogens with one attached hydrogen (secondary N) is 1. The molecule has 1 aromatic carbocycles. The number of nitrogens with zero attached hydrogens (tertiary/aromatic N) is 4. The maximum Gasteiger partial charge on any atom is 0.234 e. The molecule has 0 aliphatic carbocycles. The fourth-order valence-electron chi connectivity index (χ4n) is 1.81. The number of terminal acetylenes is 1. The Morgan fingerprint density at radius 3 is 3.04 bits per heavy atom. The predicted molar refractivity (Wildman–Crippen MR) is 87.5 cm³/mol. The third-order valence-corrected chi connectivity index (χ3v) is 3.88. The predicted octanol–water partition coefficient (Wildman–Crippen LogP) is 1.29. The zero-order valence-corrected chi connectivity index (χ0v) is 13.7. The molecule has 0 fully saturated rings. The molecule has 0 aliphatic heterocycles. The maximum atomic E-state index is 11.9. The van der Waals surface area contributed by atoms with Crippen molar-refractivity contribution in [2.45, 2.75) is 24.3 Å². The van der Waals surface area contributed by atoms with Gasteiger partial charge >= 0.3 is 0 Å². The van der Waals surface area contributed by atoms with E-state index in [4.69, 9.17) is 11.2 Å². The van der Waals surface area contributed by atoms with Crippen molar-refractivity contribution in [3.05, 3.63) is 24.3 Å². The monoisotopic (exact) mass is 331 g/mol. The van der Waals surface area contributed by atoms with Crippen molar-refractivity contribution in [1.29, 1.82) is 0 Å². The lowest BCUT2D eigenvalue weighted by Crippen LogP contribution is -2.31. The molecule has 0 bridgehead atoms. The summed E-state index contributed by atoms with van der Waals surface area (Å²) in [5.74, 6) is 2.88. The van der Waals surface area contributed by atoms with Gasteiger partial charge in [0.05, 0.1) is 18.4 Å². The Kier molecular flexibility index (Phi) is 6.00. The van der Waals surface area contributed by atoms with E-state index in [9.17, 15) is 4.79 Å². The van der Waals surface area contributed by atoms with Gasteiger partial charge in [-0.05, 0) is 36.4 Å². The van der Waals surface area contributed by atoms with E-state index in [0.29, 0.717) is 17.5 Å². The number of hydrogen-bond donors (Lipinski definition) is 1. The number of tetrazole rings is 1. The van der Waals surface area contributed by atoms with E-state index >= 15 is 0 Å². The summed E-state index contributed by atoms with van der Waals surface area (Å²) in [5.41, 5.74) is 0.720. The highest BCUT2D eigenvalue weighted by atomic mass is 32.2. The van der Waals surface area contributed by atoms with Gasteiger partial charge in [-0.15, -0.1) is 11.5 Å². The lowest BCUT2D eigenvalue weighted by molar-refractivity contribution is -0.120. The summed E-state index contributed by atoms with van der Waals surface area (Å²) >= 11 is 1.25. The second-order valence-electron chi connectivity index (χ2n) is 4.46. The lowest BCUT2D eigenvalue weighted by Gasteiger charge is -2.12. The van der Waals surface area contributed by atoms with Crippen molar-refractivity contribution in [2.24, 2.45) is 0 Å². The van der Waals surface area contributed by atoms with Crippen LogP contribution < -0.4 is 10.1 Å². The minimum atomic E-state index is -0.382. The van der Waals surface area contributed by atoms with Gasteiger partial charge in [0.2, 0.25) is 11.1 Å². The highest BCUT2D eigenvalue weighted by Gasteiger charge is 2.20. The molecule has 1 amide bonds. The number of aromatic nitrogens is 4. The molecule has 1 unspecified atom stereocenters. The number of hydrogen-bond acceptors (Lipinski definition) is 6. The van der Waals surface area contributed by atoms with Crippen molar-refractivity contribution < 1.29 is 9.53 Å². The molecular weight excluding hydrogens is 314 g/mol. The molecule has 1 heterocycles. The van der Waals surface area contributed by atoms with E-state index < -0.39 is 0 Å². The van der Waals surface area contributed by atoms with E-state index in [1.54, 1.807) is 11.6 Å². The van der Waals surface area contributed by atoms with Gasteiger partial charge < -0.3 is 10.1 Å². The van der Waals surface area contributed by atoms with Gasteiger partial charge in [-0.3, -0.25) is 4.79 Å². The zero-order valence-electron chi connectivity index (χ0n) is 12.9. The molecule has 1 aromatic heterocycles. The fourth-order valence-corrected chi connectivity index (χ4v) is 2.63. The van der Waals surface area contributed by atoms with Gasteiger partial charge in [0.15, 0.2) is 0 Å². The average Bonchev–Trinajstić information content (AvgIpc) is 3.01. The van der Waals surface area contributed by atoms with Crippen LogP contribution >= 0.6 is 11.8 Å². The van der Waals surface area contributed by atoms with E-state index in [0.717, 1.165) is 5.69 Å². The first-order valence-electron chi connectivity index (χ1n) is 7.05. The second-order valence-corrected chi connectivity index (χ2v) is 5.76. The largest absolute Gasteiger partial charge is 0.492 e. The maximum absolute atomic E-state index is 11.9. The smallest absolute Gasteiger partial charge is 0.234 e. The van der Waals surface area contributed by atoms with Crippen LogP contribution in [0.1, 0.15) is 13.8 Å². The minimum absolute atomic E-state index is 0.166. The number of carbonyl (C=O) groups is 1. The molecule has 0 saturated carbocycles. The normalized spacial score (nSPS) is 11.5. The second kappa shape index (κ2) is 8.19. The summed E-state index contributed by atoms with van der Waals surface area (Å²) in [6.07, 6.45) is 5.14. The first kappa shape index (κ1) is 16.8. The topological polar surface area (TPSA) is 81.9 Å². The SMILES string of the molecule is C#CCNC(=O)C(C)Sc1nnnn1-c1ccccc1OCC. The summed E-state index contributed by atoms with van der Waals surface area (Å²) in [4.78, 5) is 11.9. The average molecular weight is 331 g/mol. The highest BCUT2D eigenvalue weighted by Crippen LogP contribution is 2.27. The highest BCUT2D eigenvalue weighted by molar-refractivity contribution is 8.00. The summed E-state index contributed by atoms with van der Waals surface area (Å²) < 4.78 is 7.15. The molecule has 0 spiro atoms. The van der Waals surface area contributed by atoms with Crippen LogP contribution in [0.25, 0.3) is 5.69 Å². The number of para-hydroxylation sites is 2. The Hall–Kier alpha value is -2.53. The van der Waals surface area contributed by atoms with Crippen molar-refractivity contribution in [1.82, 2.24) is 25.5 Å². The van der Waals surface area contributed by atoms with Crippen LogP contribution in [0.3, 0.4) is 0 Å². The molecule has 0 radical (unpaired) electrons. The third kappa shape index (κ3) is 4.23. The van der Waals surface area contributed by atoms with Crippen molar-refractivity contribution >= 4 is 17.7 Å². The van der Waals surface area contributed by atoms with Crippen LogP contribution in [-0.2, 0) is 4.79 Å². The minimum Gasteiger partial charge on any atom is -0.492 e. The molecule has 2 aromatic rings. The summed E-state index contributed by atoms with van der Waals surface area (Å²) in [6, 6.07) is 7.45. The Morgan fingerprint density at radius 2 is 2.30 bits per heavy atom. The Morgan fingerprint density at radius 1 is 1.52 bits per heavy atom. The number of amides is 1. The summed E-state index contributed by atoms with van der Waals surface area (Å²) in [6.45, 7) is 4.41. The number of thioether (sulfide) groups is 1. The summed E-state index contributed by atoms with van der Waals surface area (Å²) in [7, 11) is 0.